The van der Waals surface area contributed by atoms with E-state index in [9.17, 15) is 4.79 Å². The normalized spacial score (nSPS) is 17.7. The monoisotopic (exact) mass is 289 g/mol. The van der Waals surface area contributed by atoms with Crippen molar-refractivity contribution in [2.45, 2.75) is 45.4 Å². The van der Waals surface area contributed by atoms with Crippen molar-refractivity contribution in [3.8, 4) is 0 Å². The molecule has 1 amide bonds. The molecule has 0 saturated heterocycles. The van der Waals surface area contributed by atoms with Gasteiger partial charge in [0.25, 0.3) is 0 Å². The van der Waals surface area contributed by atoms with Crippen molar-refractivity contribution in [3.63, 3.8) is 0 Å². The standard InChI is InChI=1S/C16H23N3O2/c1-2-5-12-6-8-13(9-7-12)18-15(20)16(14(17)19-21)10-3-4-11-16/h6-9,21H,2-5,10-11H2,1H3,(H2,17,19)(H,18,20). The molecule has 0 atom stereocenters. The third kappa shape index (κ3) is 3.17. The number of rotatable bonds is 5. The van der Waals surface area contributed by atoms with Gasteiger partial charge in [-0.2, -0.15) is 0 Å². The van der Waals surface area contributed by atoms with E-state index in [-0.39, 0.29) is 11.7 Å². The number of hydrogen-bond acceptors (Lipinski definition) is 3. The summed E-state index contributed by atoms with van der Waals surface area (Å²) in [6, 6.07) is 7.84. The minimum atomic E-state index is -0.864. The van der Waals surface area contributed by atoms with Gasteiger partial charge in [0.1, 0.15) is 5.41 Å². The van der Waals surface area contributed by atoms with E-state index in [0.717, 1.165) is 31.4 Å². The lowest BCUT2D eigenvalue weighted by atomic mass is 9.83. The van der Waals surface area contributed by atoms with Crippen LogP contribution in [0.15, 0.2) is 29.4 Å². The van der Waals surface area contributed by atoms with Crippen molar-refractivity contribution < 1.29 is 10.0 Å². The Morgan fingerprint density at radius 3 is 2.48 bits per heavy atom. The highest BCUT2D eigenvalue weighted by Crippen LogP contribution is 2.39. The van der Waals surface area contributed by atoms with E-state index in [2.05, 4.69) is 17.4 Å². The molecular formula is C16H23N3O2. The quantitative estimate of drug-likeness (QED) is 0.337. The fraction of sp³-hybridized carbons (Fsp3) is 0.500. The van der Waals surface area contributed by atoms with Crippen LogP contribution in [0.2, 0.25) is 0 Å². The number of nitrogens with two attached hydrogens (primary N) is 1. The molecule has 2 rings (SSSR count). The number of amides is 1. The van der Waals surface area contributed by atoms with Crippen LogP contribution in [0.25, 0.3) is 0 Å². The van der Waals surface area contributed by atoms with Gasteiger partial charge in [-0.1, -0.05) is 43.5 Å². The molecule has 0 unspecified atom stereocenters. The molecule has 0 heterocycles. The summed E-state index contributed by atoms with van der Waals surface area (Å²) in [6.07, 6.45) is 5.21. The molecule has 5 nitrogen and oxygen atoms in total. The SMILES string of the molecule is CCCc1ccc(NC(=O)C2(C(N)=NO)CCCC2)cc1. The Kier molecular flexibility index (Phi) is 4.83. The Morgan fingerprint density at radius 1 is 1.33 bits per heavy atom. The Balaban J connectivity index is 2.12. The maximum Gasteiger partial charge on any atom is 0.238 e. The maximum absolute atomic E-state index is 12.6. The van der Waals surface area contributed by atoms with Gasteiger partial charge in [0.2, 0.25) is 5.91 Å². The van der Waals surface area contributed by atoms with Gasteiger partial charge in [-0.05, 0) is 37.0 Å². The van der Waals surface area contributed by atoms with E-state index in [0.29, 0.717) is 12.8 Å². The highest BCUT2D eigenvalue weighted by molar-refractivity contribution is 6.12. The molecule has 0 spiro atoms. The number of carbonyl (C=O) groups excluding carboxylic acids is 1. The maximum atomic E-state index is 12.6. The molecule has 114 valence electrons. The second kappa shape index (κ2) is 6.61. The highest BCUT2D eigenvalue weighted by atomic mass is 16.4. The number of anilines is 1. The lowest BCUT2D eigenvalue weighted by molar-refractivity contribution is -0.122. The average molecular weight is 289 g/mol. The number of aryl methyl sites for hydroxylation is 1. The zero-order chi connectivity index (χ0) is 15.3. The summed E-state index contributed by atoms with van der Waals surface area (Å²) in [5.41, 5.74) is 6.91. The van der Waals surface area contributed by atoms with E-state index >= 15 is 0 Å². The first kappa shape index (κ1) is 15.4. The van der Waals surface area contributed by atoms with Crippen LogP contribution in [0, 0.1) is 5.41 Å². The van der Waals surface area contributed by atoms with Crippen LogP contribution < -0.4 is 11.1 Å². The average Bonchev–Trinajstić information content (AvgIpc) is 2.99. The second-order valence-corrected chi connectivity index (χ2v) is 5.68. The number of nitrogens with zero attached hydrogens (tertiary/aromatic N) is 1. The van der Waals surface area contributed by atoms with Gasteiger partial charge >= 0.3 is 0 Å². The van der Waals surface area contributed by atoms with Crippen molar-refractivity contribution in [2.75, 3.05) is 5.32 Å². The summed E-state index contributed by atoms with van der Waals surface area (Å²) in [4.78, 5) is 12.6. The van der Waals surface area contributed by atoms with Gasteiger partial charge in [0.05, 0.1) is 0 Å². The van der Waals surface area contributed by atoms with Crippen molar-refractivity contribution in [3.05, 3.63) is 29.8 Å². The smallest absolute Gasteiger partial charge is 0.238 e. The van der Waals surface area contributed by atoms with Crippen LogP contribution in [0.4, 0.5) is 5.69 Å². The molecular weight excluding hydrogens is 266 g/mol. The van der Waals surface area contributed by atoms with Gasteiger partial charge in [0.15, 0.2) is 5.84 Å². The van der Waals surface area contributed by atoms with Crippen molar-refractivity contribution in [2.24, 2.45) is 16.3 Å². The third-order valence-electron chi connectivity index (χ3n) is 4.24. The predicted molar refractivity (Wildman–Crippen MR) is 83.4 cm³/mol. The van der Waals surface area contributed by atoms with Crippen LogP contribution in [0.3, 0.4) is 0 Å². The van der Waals surface area contributed by atoms with Crippen LogP contribution in [0.5, 0.6) is 0 Å². The van der Waals surface area contributed by atoms with Gasteiger partial charge in [-0.3, -0.25) is 4.79 Å². The molecule has 4 N–H and O–H groups in total. The number of oxime groups is 1. The molecule has 0 bridgehead atoms. The largest absolute Gasteiger partial charge is 0.409 e. The first-order valence-electron chi connectivity index (χ1n) is 7.51. The fourth-order valence-corrected chi connectivity index (χ4v) is 2.97. The van der Waals surface area contributed by atoms with Crippen LogP contribution in [-0.4, -0.2) is 17.0 Å². The molecule has 0 aliphatic heterocycles. The molecule has 1 aromatic rings. The topological polar surface area (TPSA) is 87.7 Å². The molecule has 21 heavy (non-hydrogen) atoms. The van der Waals surface area contributed by atoms with E-state index in [1.54, 1.807) is 0 Å². The summed E-state index contributed by atoms with van der Waals surface area (Å²) in [5, 5.41) is 14.9. The fourth-order valence-electron chi connectivity index (χ4n) is 2.97. The Morgan fingerprint density at radius 2 is 1.95 bits per heavy atom. The summed E-state index contributed by atoms with van der Waals surface area (Å²) >= 11 is 0. The van der Waals surface area contributed by atoms with E-state index in [4.69, 9.17) is 10.9 Å². The number of carbonyl (C=O) groups is 1. The Hall–Kier alpha value is -2.04. The number of hydrogen-bond donors (Lipinski definition) is 3. The number of amidine groups is 1. The summed E-state index contributed by atoms with van der Waals surface area (Å²) < 4.78 is 0. The molecule has 1 saturated carbocycles. The van der Waals surface area contributed by atoms with Crippen molar-refractivity contribution in [1.82, 2.24) is 0 Å². The van der Waals surface area contributed by atoms with Crippen LogP contribution in [-0.2, 0) is 11.2 Å². The van der Waals surface area contributed by atoms with Gasteiger partial charge < -0.3 is 16.3 Å². The molecule has 0 aromatic heterocycles. The van der Waals surface area contributed by atoms with E-state index in [1.807, 2.05) is 24.3 Å². The zero-order valence-corrected chi connectivity index (χ0v) is 12.4. The van der Waals surface area contributed by atoms with Gasteiger partial charge in [0, 0.05) is 5.69 Å². The minimum absolute atomic E-state index is 0.0140. The van der Waals surface area contributed by atoms with E-state index < -0.39 is 5.41 Å². The molecule has 0 radical (unpaired) electrons. The van der Waals surface area contributed by atoms with Gasteiger partial charge in [-0.15, -0.1) is 0 Å². The molecule has 5 heteroatoms. The molecule has 1 fully saturated rings. The number of nitrogens with one attached hydrogen (secondary N) is 1. The molecule has 1 aromatic carbocycles. The van der Waals surface area contributed by atoms with Gasteiger partial charge in [-0.25, -0.2) is 0 Å². The predicted octanol–water partition coefficient (Wildman–Crippen LogP) is 2.88. The minimum Gasteiger partial charge on any atom is -0.409 e. The van der Waals surface area contributed by atoms with Crippen molar-refractivity contribution in [1.29, 1.82) is 0 Å². The second-order valence-electron chi connectivity index (χ2n) is 5.68. The van der Waals surface area contributed by atoms with E-state index in [1.165, 1.54) is 5.56 Å². The first-order chi connectivity index (χ1) is 10.1. The van der Waals surface area contributed by atoms with Crippen molar-refractivity contribution >= 4 is 17.4 Å². The first-order valence-corrected chi connectivity index (χ1v) is 7.51. The lowest BCUT2D eigenvalue weighted by Crippen LogP contribution is -2.45. The molecule has 1 aliphatic carbocycles. The highest BCUT2D eigenvalue weighted by Gasteiger charge is 2.45. The zero-order valence-electron chi connectivity index (χ0n) is 12.4. The lowest BCUT2D eigenvalue weighted by Gasteiger charge is -2.26. The third-order valence-corrected chi connectivity index (χ3v) is 4.24. The summed E-state index contributed by atoms with van der Waals surface area (Å²) in [7, 11) is 0. The number of benzene rings is 1. The summed E-state index contributed by atoms with van der Waals surface area (Å²) in [6.45, 7) is 2.14. The van der Waals surface area contributed by atoms with Crippen LogP contribution >= 0.6 is 0 Å². The molecule has 1 aliphatic rings. The Bertz CT molecular complexity index is 517. The Labute approximate surface area is 125 Å². The van der Waals surface area contributed by atoms with Crippen LogP contribution in [0.1, 0.15) is 44.6 Å². The summed E-state index contributed by atoms with van der Waals surface area (Å²) in [5.74, 6) is -0.168.